The van der Waals surface area contributed by atoms with Crippen LogP contribution >= 0.6 is 11.3 Å². The first-order chi connectivity index (χ1) is 16.6. The van der Waals surface area contributed by atoms with Crippen LogP contribution in [0.25, 0.3) is 17.0 Å². The number of benzene rings is 2. The van der Waals surface area contributed by atoms with Gasteiger partial charge in [0, 0.05) is 16.1 Å². The lowest BCUT2D eigenvalue weighted by Crippen LogP contribution is -2.45. The molecule has 8 heteroatoms. The molecule has 2 aromatic carbocycles. The average molecular weight is 473 g/mol. The number of carbonyl (C=O) groups excluding carboxylic acids is 1. The maximum Gasteiger partial charge on any atom is 0.322 e. The highest BCUT2D eigenvalue weighted by atomic mass is 32.1. The van der Waals surface area contributed by atoms with E-state index in [4.69, 9.17) is 14.2 Å². The lowest BCUT2D eigenvalue weighted by Gasteiger charge is -2.35. The number of nitrogens with zero attached hydrogens (tertiary/aromatic N) is 3. The van der Waals surface area contributed by atoms with Gasteiger partial charge in [-0.2, -0.15) is 4.98 Å². The third kappa shape index (κ3) is 4.32. The standard InChI is InChI=1S/C26H24N4O3S/c1-3-32-20-13-11-19(12-14-20)24-28-25(33-29-24)22-17(2)30(16-21-10-7-15-34-21)26(31)27-23(22)18-8-5-4-6-9-18/h4-15,23H,3,16H2,1-2H3,(H,27,31). The van der Waals surface area contributed by atoms with Gasteiger partial charge in [-0.25, -0.2) is 4.79 Å². The van der Waals surface area contributed by atoms with Gasteiger partial charge in [-0.15, -0.1) is 11.3 Å². The van der Waals surface area contributed by atoms with Crippen molar-refractivity contribution >= 4 is 22.9 Å². The molecule has 1 unspecified atom stereocenters. The molecule has 0 fully saturated rings. The molecule has 1 N–H and O–H groups in total. The van der Waals surface area contributed by atoms with Crippen LogP contribution in [0.5, 0.6) is 5.75 Å². The highest BCUT2D eigenvalue weighted by Crippen LogP contribution is 2.38. The monoisotopic (exact) mass is 472 g/mol. The smallest absolute Gasteiger partial charge is 0.322 e. The number of urea groups is 1. The minimum atomic E-state index is -0.401. The van der Waals surface area contributed by atoms with Crippen molar-refractivity contribution in [2.75, 3.05) is 6.61 Å². The van der Waals surface area contributed by atoms with Crippen LogP contribution in [0.4, 0.5) is 4.79 Å². The molecule has 172 valence electrons. The second-order valence-electron chi connectivity index (χ2n) is 7.84. The van der Waals surface area contributed by atoms with Crippen LogP contribution in [-0.2, 0) is 6.54 Å². The van der Waals surface area contributed by atoms with Crippen molar-refractivity contribution in [1.82, 2.24) is 20.4 Å². The summed E-state index contributed by atoms with van der Waals surface area (Å²) < 4.78 is 11.3. The van der Waals surface area contributed by atoms with Crippen LogP contribution in [0.15, 0.2) is 82.3 Å². The normalized spacial score (nSPS) is 16.0. The van der Waals surface area contributed by atoms with Gasteiger partial charge in [0.05, 0.1) is 24.8 Å². The van der Waals surface area contributed by atoms with Crippen molar-refractivity contribution in [1.29, 1.82) is 0 Å². The number of hydrogen-bond acceptors (Lipinski definition) is 6. The van der Waals surface area contributed by atoms with Gasteiger partial charge in [-0.05, 0) is 55.1 Å². The van der Waals surface area contributed by atoms with Gasteiger partial charge < -0.3 is 14.6 Å². The van der Waals surface area contributed by atoms with E-state index in [-0.39, 0.29) is 6.03 Å². The number of carbonyl (C=O) groups is 1. The van der Waals surface area contributed by atoms with E-state index in [0.717, 1.165) is 33.0 Å². The van der Waals surface area contributed by atoms with Crippen LogP contribution < -0.4 is 10.1 Å². The highest BCUT2D eigenvalue weighted by Gasteiger charge is 2.35. The van der Waals surface area contributed by atoms with Crippen molar-refractivity contribution in [2.24, 2.45) is 0 Å². The molecule has 5 rings (SSSR count). The molecule has 0 radical (unpaired) electrons. The molecule has 3 heterocycles. The summed E-state index contributed by atoms with van der Waals surface area (Å²) in [6, 6.07) is 20.8. The van der Waals surface area contributed by atoms with E-state index >= 15 is 0 Å². The number of amides is 2. The molecule has 4 aromatic rings. The minimum Gasteiger partial charge on any atom is -0.494 e. The third-order valence-electron chi connectivity index (χ3n) is 5.70. The number of aromatic nitrogens is 2. The van der Waals surface area contributed by atoms with Crippen LogP contribution in [0.2, 0.25) is 0 Å². The fraction of sp³-hybridized carbons (Fsp3) is 0.192. The van der Waals surface area contributed by atoms with E-state index in [2.05, 4.69) is 10.5 Å². The Morgan fingerprint density at radius 1 is 1.09 bits per heavy atom. The summed E-state index contributed by atoms with van der Waals surface area (Å²) in [6.45, 7) is 4.95. The van der Waals surface area contributed by atoms with Crippen LogP contribution in [0, 0.1) is 0 Å². The zero-order chi connectivity index (χ0) is 23.5. The Balaban J connectivity index is 1.55. The molecular formula is C26H24N4O3S. The van der Waals surface area contributed by atoms with Gasteiger partial charge in [0.2, 0.25) is 5.82 Å². The average Bonchev–Trinajstić information content (AvgIpc) is 3.55. The summed E-state index contributed by atoms with van der Waals surface area (Å²) >= 11 is 1.61. The Morgan fingerprint density at radius 3 is 2.59 bits per heavy atom. The van der Waals surface area contributed by atoms with Gasteiger partial charge in [0.25, 0.3) is 5.89 Å². The van der Waals surface area contributed by atoms with E-state index in [1.165, 1.54) is 0 Å². The molecule has 0 aliphatic carbocycles. The van der Waals surface area contributed by atoms with Crippen LogP contribution in [0.3, 0.4) is 0 Å². The first-order valence-electron chi connectivity index (χ1n) is 11.1. The minimum absolute atomic E-state index is 0.158. The maximum absolute atomic E-state index is 13.1. The predicted octanol–water partition coefficient (Wildman–Crippen LogP) is 5.89. The molecular weight excluding hydrogens is 448 g/mol. The Labute approximate surface area is 201 Å². The molecule has 34 heavy (non-hydrogen) atoms. The van der Waals surface area contributed by atoms with E-state index < -0.39 is 6.04 Å². The Morgan fingerprint density at radius 2 is 1.88 bits per heavy atom. The fourth-order valence-corrected chi connectivity index (χ4v) is 4.71. The summed E-state index contributed by atoms with van der Waals surface area (Å²) in [5.41, 5.74) is 3.34. The number of rotatable bonds is 7. The zero-order valence-electron chi connectivity index (χ0n) is 18.9. The third-order valence-corrected chi connectivity index (χ3v) is 6.56. The van der Waals surface area contributed by atoms with Gasteiger partial charge in [-0.1, -0.05) is 41.6 Å². The summed E-state index contributed by atoms with van der Waals surface area (Å²) in [5.74, 6) is 1.65. The number of allylic oxidation sites excluding steroid dienone is 1. The van der Waals surface area contributed by atoms with Crippen LogP contribution in [0.1, 0.15) is 36.2 Å². The Bertz CT molecular complexity index is 1300. The summed E-state index contributed by atoms with van der Waals surface area (Å²) in [6.07, 6.45) is 0. The summed E-state index contributed by atoms with van der Waals surface area (Å²) in [4.78, 5) is 20.6. The molecule has 0 saturated carbocycles. The van der Waals surface area contributed by atoms with E-state index in [9.17, 15) is 4.79 Å². The zero-order valence-corrected chi connectivity index (χ0v) is 19.7. The molecule has 2 amide bonds. The number of hydrogen-bond donors (Lipinski definition) is 1. The first-order valence-corrected chi connectivity index (χ1v) is 12.0. The molecule has 0 spiro atoms. The first kappa shape index (κ1) is 21.9. The molecule has 1 aliphatic rings. The van der Waals surface area contributed by atoms with Crippen molar-refractivity contribution < 1.29 is 14.1 Å². The summed E-state index contributed by atoms with van der Waals surface area (Å²) in [7, 11) is 0. The van der Waals surface area contributed by atoms with Gasteiger partial charge >= 0.3 is 6.03 Å². The molecule has 1 aliphatic heterocycles. The van der Waals surface area contributed by atoms with Gasteiger partial charge in [0.1, 0.15) is 5.75 Å². The predicted molar refractivity (Wildman–Crippen MR) is 131 cm³/mol. The molecule has 0 saturated heterocycles. The van der Waals surface area contributed by atoms with Crippen molar-refractivity contribution in [3.63, 3.8) is 0 Å². The van der Waals surface area contributed by atoms with E-state index in [0.29, 0.717) is 24.9 Å². The quantitative estimate of drug-likeness (QED) is 0.362. The maximum atomic E-state index is 13.1. The lowest BCUT2D eigenvalue weighted by molar-refractivity contribution is 0.203. The number of ether oxygens (including phenoxy) is 1. The van der Waals surface area contributed by atoms with Crippen molar-refractivity contribution in [3.8, 4) is 17.1 Å². The SMILES string of the molecule is CCOc1ccc(-c2noc(C3=C(C)N(Cc4cccs4)C(=O)NC3c3ccccc3)n2)cc1. The topological polar surface area (TPSA) is 80.5 Å². The van der Waals surface area contributed by atoms with Crippen molar-refractivity contribution in [3.05, 3.63) is 94.1 Å². The molecule has 0 bridgehead atoms. The molecule has 1 atom stereocenters. The fourth-order valence-electron chi connectivity index (χ4n) is 4.02. The second-order valence-corrected chi connectivity index (χ2v) is 8.87. The largest absolute Gasteiger partial charge is 0.494 e. The Hall–Kier alpha value is -3.91. The second kappa shape index (κ2) is 9.52. The van der Waals surface area contributed by atoms with E-state index in [1.807, 2.05) is 86.0 Å². The number of thiophene rings is 1. The highest BCUT2D eigenvalue weighted by molar-refractivity contribution is 7.09. The van der Waals surface area contributed by atoms with E-state index in [1.54, 1.807) is 16.2 Å². The van der Waals surface area contributed by atoms with Crippen molar-refractivity contribution in [2.45, 2.75) is 26.4 Å². The van der Waals surface area contributed by atoms with Gasteiger partial charge in [-0.3, -0.25) is 4.90 Å². The summed E-state index contributed by atoms with van der Waals surface area (Å²) in [5, 5.41) is 9.37. The number of nitrogens with one attached hydrogen (secondary N) is 1. The lowest BCUT2D eigenvalue weighted by atomic mass is 9.94. The molecule has 2 aromatic heterocycles. The molecule has 7 nitrogen and oxygen atoms in total. The Kier molecular flexibility index (Phi) is 6.14. The van der Waals surface area contributed by atoms with Gasteiger partial charge in [0.15, 0.2) is 0 Å². The van der Waals surface area contributed by atoms with Crippen LogP contribution in [-0.4, -0.2) is 27.7 Å².